The lowest BCUT2D eigenvalue weighted by Gasteiger charge is -2.24. The average Bonchev–Trinajstić information content (AvgIpc) is 3.17. The van der Waals surface area contributed by atoms with Crippen LogP contribution in [0.15, 0.2) is 186 Å². The summed E-state index contributed by atoms with van der Waals surface area (Å²) in [5, 5.41) is 10.8. The topological polar surface area (TPSA) is 36.8 Å². The Morgan fingerprint density at radius 1 is 0.354 bits per heavy atom. The molecule has 0 bridgehead atoms. The lowest BCUT2D eigenvalue weighted by Crippen LogP contribution is -2.33. The molecule has 3 heteroatoms. The maximum absolute atomic E-state index is 5.10. The molecule has 48 heavy (non-hydrogen) atoms. The summed E-state index contributed by atoms with van der Waals surface area (Å²) in [6.07, 6.45) is -0.241. The average molecular weight is 614 g/mol. The number of benzene rings is 8. The van der Waals surface area contributed by atoms with Crippen LogP contribution in [0.4, 0.5) is 0 Å². The Bertz CT molecular complexity index is 2530. The van der Waals surface area contributed by atoms with E-state index in [4.69, 9.17) is 9.98 Å². The van der Waals surface area contributed by atoms with Crippen molar-refractivity contribution in [2.75, 3.05) is 0 Å². The zero-order valence-corrected chi connectivity index (χ0v) is 26.2. The van der Waals surface area contributed by atoms with Crippen LogP contribution in [-0.4, -0.2) is 11.7 Å². The third-order valence-corrected chi connectivity index (χ3v) is 9.26. The van der Waals surface area contributed by atoms with Gasteiger partial charge in [-0.3, -0.25) is 0 Å². The molecular weight excluding hydrogens is 583 g/mol. The first-order valence-corrected chi connectivity index (χ1v) is 16.3. The second-order valence-electron chi connectivity index (χ2n) is 12.4. The second kappa shape index (κ2) is 11.8. The molecular formula is C45H31N3. The fourth-order valence-corrected chi connectivity index (χ4v) is 6.67. The van der Waals surface area contributed by atoms with Gasteiger partial charge in [0.05, 0.1) is 0 Å². The maximum atomic E-state index is 5.10. The van der Waals surface area contributed by atoms with Gasteiger partial charge >= 0.3 is 0 Å². The zero-order chi connectivity index (χ0) is 31.9. The predicted octanol–water partition coefficient (Wildman–Crippen LogP) is 11.0. The van der Waals surface area contributed by atoms with Gasteiger partial charge in [-0.1, -0.05) is 146 Å². The highest BCUT2D eigenvalue weighted by Gasteiger charge is 2.21. The smallest absolute Gasteiger partial charge is 0.159 e. The molecule has 0 radical (unpaired) electrons. The summed E-state index contributed by atoms with van der Waals surface area (Å²) in [4.78, 5) is 10.2. The molecule has 0 saturated carbocycles. The Morgan fingerprint density at radius 3 is 1.44 bits per heavy atom. The zero-order valence-electron chi connectivity index (χ0n) is 26.2. The standard InChI is InChI=1S/C45H31N3/c1-3-9-30(10-4-1)34-16-17-36-26-37(19-18-35(36)25-34)38-20-21-40-29-42(24-22-39(40)27-38)45-47-43(32-12-5-2-6-13-32)46-44(48-45)41-23-15-31-11-7-8-14-33(31)28-41/h1-29,43H,(H,46,47,48). The third kappa shape index (κ3) is 5.32. The normalized spacial score (nSPS) is 14.5. The first kappa shape index (κ1) is 27.9. The van der Waals surface area contributed by atoms with Crippen molar-refractivity contribution in [3.8, 4) is 22.3 Å². The van der Waals surface area contributed by atoms with Crippen LogP contribution >= 0.6 is 0 Å². The van der Waals surface area contributed by atoms with Crippen LogP contribution < -0.4 is 5.32 Å². The van der Waals surface area contributed by atoms with Gasteiger partial charge in [-0.25, -0.2) is 9.98 Å². The first-order chi connectivity index (χ1) is 23.7. The van der Waals surface area contributed by atoms with Crippen LogP contribution in [0.5, 0.6) is 0 Å². The Morgan fingerprint density at radius 2 is 0.792 bits per heavy atom. The molecule has 1 unspecified atom stereocenters. The van der Waals surface area contributed by atoms with Gasteiger partial charge < -0.3 is 5.32 Å². The summed E-state index contributed by atoms with van der Waals surface area (Å²) >= 11 is 0. The molecule has 226 valence electrons. The summed E-state index contributed by atoms with van der Waals surface area (Å²) < 4.78 is 0. The van der Waals surface area contributed by atoms with Gasteiger partial charge in [-0.15, -0.1) is 0 Å². The largest absolute Gasteiger partial charge is 0.344 e. The molecule has 8 aromatic rings. The molecule has 1 aliphatic heterocycles. The highest BCUT2D eigenvalue weighted by Crippen LogP contribution is 2.31. The predicted molar refractivity (Wildman–Crippen MR) is 202 cm³/mol. The third-order valence-electron chi connectivity index (χ3n) is 9.26. The van der Waals surface area contributed by atoms with Crippen LogP contribution in [0.25, 0.3) is 54.6 Å². The molecule has 0 saturated heterocycles. The number of rotatable bonds is 5. The van der Waals surface area contributed by atoms with Crippen LogP contribution in [0, 0.1) is 0 Å². The van der Waals surface area contributed by atoms with Crippen molar-refractivity contribution in [3.05, 3.63) is 193 Å². The molecule has 0 fully saturated rings. The highest BCUT2D eigenvalue weighted by molar-refractivity contribution is 6.14. The Labute approximate surface area is 279 Å². The van der Waals surface area contributed by atoms with Crippen molar-refractivity contribution < 1.29 is 0 Å². The van der Waals surface area contributed by atoms with Crippen molar-refractivity contribution in [1.82, 2.24) is 5.32 Å². The van der Waals surface area contributed by atoms with Gasteiger partial charge in [0.2, 0.25) is 0 Å². The van der Waals surface area contributed by atoms with Crippen molar-refractivity contribution in [1.29, 1.82) is 0 Å². The number of hydrogen-bond donors (Lipinski definition) is 1. The first-order valence-electron chi connectivity index (χ1n) is 16.3. The Hall–Kier alpha value is -6.32. The SMILES string of the molecule is c1ccc(-c2ccc3cc(-c4ccc5cc(C6=NC(c7ccccc7)NC(c7ccc8ccccc8c7)=N6)ccc5c4)ccc3c2)cc1. The summed E-state index contributed by atoms with van der Waals surface area (Å²) in [7, 11) is 0. The molecule has 0 aromatic heterocycles. The fraction of sp³-hybridized carbons (Fsp3) is 0.0222. The molecule has 1 atom stereocenters. The van der Waals surface area contributed by atoms with E-state index in [1.807, 2.05) is 6.07 Å². The second-order valence-corrected chi connectivity index (χ2v) is 12.4. The van der Waals surface area contributed by atoms with E-state index in [1.54, 1.807) is 0 Å². The lowest BCUT2D eigenvalue weighted by atomic mass is 9.96. The highest BCUT2D eigenvalue weighted by atomic mass is 15.2. The maximum Gasteiger partial charge on any atom is 0.159 e. The van der Waals surface area contributed by atoms with Crippen LogP contribution in [0.1, 0.15) is 22.9 Å². The van der Waals surface area contributed by atoms with E-state index >= 15 is 0 Å². The van der Waals surface area contributed by atoms with E-state index < -0.39 is 0 Å². The number of fused-ring (bicyclic) bond motifs is 3. The number of hydrogen-bond acceptors (Lipinski definition) is 3. The van der Waals surface area contributed by atoms with Gasteiger partial charge in [0, 0.05) is 11.1 Å². The number of nitrogens with zero attached hydrogens (tertiary/aromatic N) is 2. The molecule has 0 amide bonds. The van der Waals surface area contributed by atoms with Crippen molar-refractivity contribution >= 4 is 44.0 Å². The number of nitrogens with one attached hydrogen (secondary N) is 1. The van der Waals surface area contributed by atoms with Gasteiger partial charge in [0.1, 0.15) is 12.0 Å². The Balaban J connectivity index is 1.06. The molecule has 0 spiro atoms. The number of aliphatic imine (C=N–C) groups is 2. The van der Waals surface area contributed by atoms with E-state index in [0.717, 1.165) is 33.7 Å². The lowest BCUT2D eigenvalue weighted by molar-refractivity contribution is 0.674. The molecule has 3 nitrogen and oxygen atoms in total. The van der Waals surface area contributed by atoms with Gasteiger partial charge in [-0.05, 0) is 90.5 Å². The van der Waals surface area contributed by atoms with Crippen molar-refractivity contribution in [3.63, 3.8) is 0 Å². The van der Waals surface area contributed by atoms with Crippen molar-refractivity contribution in [2.45, 2.75) is 6.17 Å². The van der Waals surface area contributed by atoms with Gasteiger partial charge in [-0.2, -0.15) is 0 Å². The summed E-state index contributed by atoms with van der Waals surface area (Å²) in [5.41, 5.74) is 8.01. The summed E-state index contributed by atoms with van der Waals surface area (Å²) in [5.74, 6) is 1.54. The monoisotopic (exact) mass is 613 g/mol. The van der Waals surface area contributed by atoms with Gasteiger partial charge in [0.15, 0.2) is 5.84 Å². The summed E-state index contributed by atoms with van der Waals surface area (Å²) in [6.45, 7) is 0. The fourth-order valence-electron chi connectivity index (χ4n) is 6.67. The molecule has 1 aliphatic rings. The molecule has 1 N–H and O–H groups in total. The minimum absolute atomic E-state index is 0.241. The molecule has 9 rings (SSSR count). The van der Waals surface area contributed by atoms with Gasteiger partial charge in [0.25, 0.3) is 0 Å². The molecule has 8 aromatic carbocycles. The van der Waals surface area contributed by atoms with E-state index in [0.29, 0.717) is 0 Å². The van der Waals surface area contributed by atoms with Crippen LogP contribution in [-0.2, 0) is 0 Å². The number of amidine groups is 2. The van der Waals surface area contributed by atoms with Crippen LogP contribution in [0.2, 0.25) is 0 Å². The molecule has 0 aliphatic carbocycles. The van der Waals surface area contributed by atoms with E-state index in [1.165, 1.54) is 49.2 Å². The van der Waals surface area contributed by atoms with Crippen molar-refractivity contribution in [2.24, 2.45) is 9.98 Å². The van der Waals surface area contributed by atoms with Crippen LogP contribution in [0.3, 0.4) is 0 Å². The van der Waals surface area contributed by atoms with E-state index in [-0.39, 0.29) is 6.17 Å². The quantitative estimate of drug-likeness (QED) is 0.206. The molecule has 1 heterocycles. The summed E-state index contributed by atoms with van der Waals surface area (Å²) in [6, 6.07) is 62.5. The van der Waals surface area contributed by atoms with E-state index in [2.05, 4.69) is 175 Å². The van der Waals surface area contributed by atoms with E-state index in [9.17, 15) is 0 Å². The minimum Gasteiger partial charge on any atom is -0.344 e. The Kier molecular flexibility index (Phi) is 6.87. The minimum atomic E-state index is -0.241.